The van der Waals surface area contributed by atoms with E-state index in [0.29, 0.717) is 41.4 Å². The molecule has 0 bridgehead atoms. The summed E-state index contributed by atoms with van der Waals surface area (Å²) in [6, 6.07) is 15.2. The summed E-state index contributed by atoms with van der Waals surface area (Å²) < 4.78 is 21.5. The lowest BCUT2D eigenvalue weighted by atomic mass is 9.99. The largest absolute Gasteiger partial charge is 0.497 e. The molecule has 1 fully saturated rings. The zero-order chi connectivity index (χ0) is 23.5. The number of aliphatic hydroxyl groups is 1. The first-order valence-electron chi connectivity index (χ1n) is 10.7. The minimum atomic E-state index is -0.635. The molecule has 8 heteroatoms. The standard InChI is InChI=1S/C25H25FN4O3/c1-33-20-6-4-16(5-7-20)24-21(17-2-3-18(14-27)22(26)12-17)13-23(30(24)10-11-31)25(32)29-9-8-19(28)15-29/h2-7,12-13,19,31H,8-11,15,28H2,1H3/t19-/m0/s1. The molecule has 1 aliphatic rings. The number of carbonyl (C=O) groups excluding carboxylic acids is 1. The Balaban J connectivity index is 1.92. The molecule has 3 aromatic rings. The smallest absolute Gasteiger partial charge is 0.270 e. The van der Waals surface area contributed by atoms with E-state index in [0.717, 1.165) is 12.0 Å². The van der Waals surface area contributed by atoms with E-state index >= 15 is 0 Å². The third-order valence-electron chi connectivity index (χ3n) is 5.92. The van der Waals surface area contributed by atoms with Gasteiger partial charge in [-0.1, -0.05) is 6.07 Å². The Morgan fingerprint density at radius 3 is 2.55 bits per heavy atom. The van der Waals surface area contributed by atoms with Crippen LogP contribution in [0.5, 0.6) is 5.75 Å². The van der Waals surface area contributed by atoms with Crippen LogP contribution in [-0.2, 0) is 6.54 Å². The highest BCUT2D eigenvalue weighted by Crippen LogP contribution is 2.37. The maximum atomic E-state index is 14.5. The summed E-state index contributed by atoms with van der Waals surface area (Å²) in [5.74, 6) is -0.150. The Kier molecular flexibility index (Phi) is 6.45. The van der Waals surface area contributed by atoms with Gasteiger partial charge in [-0.05, 0) is 60.0 Å². The number of ether oxygens (including phenoxy) is 1. The van der Waals surface area contributed by atoms with Gasteiger partial charge in [0, 0.05) is 31.2 Å². The topological polar surface area (TPSA) is 105 Å². The van der Waals surface area contributed by atoms with Crippen molar-refractivity contribution in [3.05, 3.63) is 65.6 Å². The van der Waals surface area contributed by atoms with Crippen LogP contribution in [0.25, 0.3) is 22.4 Å². The first-order valence-corrected chi connectivity index (χ1v) is 10.7. The molecule has 1 saturated heterocycles. The Morgan fingerprint density at radius 2 is 1.97 bits per heavy atom. The lowest BCUT2D eigenvalue weighted by Gasteiger charge is -2.18. The first-order chi connectivity index (χ1) is 16.0. The number of likely N-dealkylation sites (tertiary alicyclic amines) is 1. The van der Waals surface area contributed by atoms with Crippen molar-refractivity contribution >= 4 is 5.91 Å². The molecule has 7 nitrogen and oxygen atoms in total. The van der Waals surface area contributed by atoms with Gasteiger partial charge in [0.15, 0.2) is 0 Å². The van der Waals surface area contributed by atoms with Gasteiger partial charge >= 0.3 is 0 Å². The van der Waals surface area contributed by atoms with Gasteiger partial charge in [0.2, 0.25) is 0 Å². The van der Waals surface area contributed by atoms with Crippen molar-refractivity contribution in [1.82, 2.24) is 9.47 Å². The van der Waals surface area contributed by atoms with E-state index in [1.807, 2.05) is 18.2 Å². The fraction of sp³-hybridized carbons (Fsp3) is 0.280. The molecular weight excluding hydrogens is 423 g/mol. The van der Waals surface area contributed by atoms with Gasteiger partial charge in [-0.2, -0.15) is 5.26 Å². The van der Waals surface area contributed by atoms with Gasteiger partial charge in [0.25, 0.3) is 5.91 Å². The molecule has 1 amide bonds. The summed E-state index contributed by atoms with van der Waals surface area (Å²) in [7, 11) is 1.58. The number of benzene rings is 2. The SMILES string of the molecule is COc1ccc(-c2c(-c3ccc(C#N)c(F)c3)cc(C(=O)N3CC[C@H](N)C3)n2CCO)cc1. The minimum Gasteiger partial charge on any atom is -0.497 e. The number of aliphatic hydroxyl groups excluding tert-OH is 1. The number of aromatic nitrogens is 1. The Labute approximate surface area is 191 Å². The number of amides is 1. The van der Waals surface area contributed by atoms with Gasteiger partial charge in [-0.3, -0.25) is 4.79 Å². The van der Waals surface area contributed by atoms with Crippen LogP contribution >= 0.6 is 0 Å². The molecule has 2 heterocycles. The van der Waals surface area contributed by atoms with Crippen molar-refractivity contribution in [1.29, 1.82) is 5.26 Å². The summed E-state index contributed by atoms with van der Waals surface area (Å²) in [5, 5.41) is 18.9. The van der Waals surface area contributed by atoms with Crippen LogP contribution in [0.15, 0.2) is 48.5 Å². The van der Waals surface area contributed by atoms with Crippen molar-refractivity contribution in [3.63, 3.8) is 0 Å². The fourth-order valence-electron chi connectivity index (χ4n) is 4.25. The van der Waals surface area contributed by atoms with E-state index in [-0.39, 0.29) is 30.7 Å². The third kappa shape index (κ3) is 4.33. The molecule has 0 spiro atoms. The highest BCUT2D eigenvalue weighted by molar-refractivity contribution is 5.98. The number of nitrogens with zero attached hydrogens (tertiary/aromatic N) is 3. The number of nitriles is 1. The summed E-state index contributed by atoms with van der Waals surface area (Å²) >= 11 is 0. The quantitative estimate of drug-likeness (QED) is 0.603. The van der Waals surface area contributed by atoms with Gasteiger partial charge in [-0.15, -0.1) is 0 Å². The van der Waals surface area contributed by atoms with E-state index in [1.54, 1.807) is 40.8 Å². The van der Waals surface area contributed by atoms with Crippen molar-refractivity contribution in [2.24, 2.45) is 5.73 Å². The fourth-order valence-corrected chi connectivity index (χ4v) is 4.25. The van der Waals surface area contributed by atoms with Crippen LogP contribution < -0.4 is 10.5 Å². The Hall–Kier alpha value is -3.67. The minimum absolute atomic E-state index is 0.0538. The number of halogens is 1. The Bertz CT molecular complexity index is 1210. The van der Waals surface area contributed by atoms with Crippen molar-refractivity contribution in [2.45, 2.75) is 19.0 Å². The van der Waals surface area contributed by atoms with Crippen LogP contribution in [0.2, 0.25) is 0 Å². The van der Waals surface area contributed by atoms with E-state index in [2.05, 4.69) is 0 Å². The molecule has 0 radical (unpaired) electrons. The number of hydrogen-bond acceptors (Lipinski definition) is 5. The van der Waals surface area contributed by atoms with Gasteiger partial charge in [0.05, 0.1) is 25.0 Å². The maximum Gasteiger partial charge on any atom is 0.270 e. The van der Waals surface area contributed by atoms with Crippen LogP contribution in [0, 0.1) is 17.1 Å². The first kappa shape index (κ1) is 22.5. The molecule has 0 aliphatic carbocycles. The van der Waals surface area contributed by atoms with E-state index < -0.39 is 5.82 Å². The van der Waals surface area contributed by atoms with Gasteiger partial charge in [-0.25, -0.2) is 4.39 Å². The van der Waals surface area contributed by atoms with Crippen LogP contribution in [0.3, 0.4) is 0 Å². The molecule has 0 unspecified atom stereocenters. The number of hydrogen-bond donors (Lipinski definition) is 2. The van der Waals surface area contributed by atoms with Crippen LogP contribution in [0.1, 0.15) is 22.5 Å². The lowest BCUT2D eigenvalue weighted by Crippen LogP contribution is -2.33. The second-order valence-corrected chi connectivity index (χ2v) is 8.00. The molecule has 0 saturated carbocycles. The summed E-state index contributed by atoms with van der Waals surface area (Å²) in [6.45, 7) is 1.02. The van der Waals surface area contributed by atoms with E-state index in [1.165, 1.54) is 12.1 Å². The summed E-state index contributed by atoms with van der Waals surface area (Å²) in [5.41, 5.74) is 8.95. The molecule has 1 aliphatic heterocycles. The van der Waals surface area contributed by atoms with Crippen molar-refractivity contribution in [2.75, 3.05) is 26.8 Å². The molecule has 1 atom stereocenters. The van der Waals surface area contributed by atoms with Gasteiger partial charge in [0.1, 0.15) is 23.3 Å². The number of nitrogens with two attached hydrogens (primary N) is 1. The van der Waals surface area contributed by atoms with Crippen molar-refractivity contribution in [3.8, 4) is 34.2 Å². The monoisotopic (exact) mass is 448 g/mol. The normalized spacial score (nSPS) is 15.5. The number of rotatable bonds is 6. The average molecular weight is 448 g/mol. The predicted molar refractivity (Wildman–Crippen MR) is 122 cm³/mol. The third-order valence-corrected chi connectivity index (χ3v) is 5.92. The second kappa shape index (κ2) is 9.45. The zero-order valence-corrected chi connectivity index (χ0v) is 18.3. The summed E-state index contributed by atoms with van der Waals surface area (Å²) in [4.78, 5) is 15.1. The molecule has 2 aromatic carbocycles. The second-order valence-electron chi connectivity index (χ2n) is 8.00. The van der Waals surface area contributed by atoms with Crippen LogP contribution in [-0.4, -0.2) is 53.3 Å². The van der Waals surface area contributed by atoms with Crippen molar-refractivity contribution < 1.29 is 19.0 Å². The lowest BCUT2D eigenvalue weighted by molar-refractivity contribution is 0.0779. The molecule has 33 heavy (non-hydrogen) atoms. The highest BCUT2D eigenvalue weighted by atomic mass is 19.1. The van der Waals surface area contributed by atoms with Gasteiger partial charge < -0.3 is 25.0 Å². The zero-order valence-electron chi connectivity index (χ0n) is 18.3. The molecule has 1 aromatic heterocycles. The van der Waals surface area contributed by atoms with E-state index in [9.17, 15) is 14.3 Å². The number of methoxy groups -OCH3 is 1. The molecular formula is C25H25FN4O3. The van der Waals surface area contributed by atoms with E-state index in [4.69, 9.17) is 15.7 Å². The Morgan fingerprint density at radius 1 is 1.24 bits per heavy atom. The molecule has 170 valence electrons. The summed E-state index contributed by atoms with van der Waals surface area (Å²) in [6.07, 6.45) is 0.728. The predicted octanol–water partition coefficient (Wildman–Crippen LogP) is 3.01. The molecule has 4 rings (SSSR count). The highest BCUT2D eigenvalue weighted by Gasteiger charge is 2.29. The molecule has 3 N–H and O–H groups in total. The average Bonchev–Trinajstić information content (AvgIpc) is 3.43. The van der Waals surface area contributed by atoms with Crippen LogP contribution in [0.4, 0.5) is 4.39 Å². The maximum absolute atomic E-state index is 14.5. The number of carbonyl (C=O) groups is 1.